The van der Waals surface area contributed by atoms with Crippen LogP contribution in [0.2, 0.25) is 0 Å². The van der Waals surface area contributed by atoms with E-state index in [0.29, 0.717) is 0 Å². The van der Waals surface area contributed by atoms with Crippen LogP contribution in [-0.2, 0) is 10.2 Å². The number of rotatable bonds is 4. The van der Waals surface area contributed by atoms with Crippen molar-refractivity contribution >= 4 is 23.4 Å². The van der Waals surface area contributed by atoms with Gasteiger partial charge in [-0.1, -0.05) is 56.7 Å². The molecule has 0 saturated carbocycles. The molecule has 0 aliphatic carbocycles. The first-order valence-electron chi connectivity index (χ1n) is 7.91. The summed E-state index contributed by atoms with van der Waals surface area (Å²) in [5.74, 6) is 0.0345. The molecule has 0 spiro atoms. The zero-order valence-corrected chi connectivity index (χ0v) is 15.3. The zero-order valence-electron chi connectivity index (χ0n) is 14.5. The molecule has 3 heteroatoms. The van der Waals surface area contributed by atoms with Gasteiger partial charge in [-0.2, -0.15) is 0 Å². The van der Waals surface area contributed by atoms with E-state index in [9.17, 15) is 4.79 Å². The summed E-state index contributed by atoms with van der Waals surface area (Å²) in [6.45, 7) is 10.5. The summed E-state index contributed by atoms with van der Waals surface area (Å²) < 4.78 is 0. The molecule has 23 heavy (non-hydrogen) atoms. The van der Waals surface area contributed by atoms with Crippen molar-refractivity contribution in [3.63, 3.8) is 0 Å². The van der Waals surface area contributed by atoms with Gasteiger partial charge in [0, 0.05) is 10.6 Å². The predicted molar refractivity (Wildman–Crippen MR) is 100 cm³/mol. The van der Waals surface area contributed by atoms with Gasteiger partial charge >= 0.3 is 0 Å². The SMILES string of the molecule is Cc1ccc(S[C@@H](C)C(=O)Nc2ccccc2C(C)(C)C)cc1. The minimum atomic E-state index is -0.147. The highest BCUT2D eigenvalue weighted by molar-refractivity contribution is 8.00. The Hall–Kier alpha value is -1.74. The summed E-state index contributed by atoms with van der Waals surface area (Å²) in [7, 11) is 0. The van der Waals surface area contributed by atoms with Crippen molar-refractivity contribution in [3.05, 3.63) is 59.7 Å². The fourth-order valence-electron chi connectivity index (χ4n) is 2.35. The van der Waals surface area contributed by atoms with Crippen LogP contribution in [0.15, 0.2) is 53.4 Å². The number of para-hydroxylation sites is 1. The van der Waals surface area contributed by atoms with Gasteiger partial charge in [-0.15, -0.1) is 11.8 Å². The zero-order chi connectivity index (χ0) is 17.0. The Morgan fingerprint density at radius 1 is 1.04 bits per heavy atom. The Morgan fingerprint density at radius 3 is 2.26 bits per heavy atom. The highest BCUT2D eigenvalue weighted by Gasteiger charge is 2.20. The quantitative estimate of drug-likeness (QED) is 0.761. The van der Waals surface area contributed by atoms with Crippen LogP contribution in [0, 0.1) is 6.92 Å². The van der Waals surface area contributed by atoms with Crippen molar-refractivity contribution in [2.24, 2.45) is 0 Å². The molecule has 2 nitrogen and oxygen atoms in total. The van der Waals surface area contributed by atoms with Gasteiger partial charge in [0.25, 0.3) is 0 Å². The van der Waals surface area contributed by atoms with Crippen LogP contribution in [0.4, 0.5) is 5.69 Å². The molecule has 0 radical (unpaired) electrons. The van der Waals surface area contributed by atoms with Gasteiger partial charge in [0.15, 0.2) is 0 Å². The maximum Gasteiger partial charge on any atom is 0.237 e. The Morgan fingerprint density at radius 2 is 1.65 bits per heavy atom. The standard InChI is InChI=1S/C20H25NOS/c1-14-10-12-16(13-11-14)23-15(2)19(22)21-18-9-7-6-8-17(18)20(3,4)5/h6-13,15H,1-5H3,(H,21,22)/t15-/m0/s1. The first-order valence-corrected chi connectivity index (χ1v) is 8.79. The molecular formula is C20H25NOS. The summed E-state index contributed by atoms with van der Waals surface area (Å²) in [5, 5.41) is 2.94. The highest BCUT2D eigenvalue weighted by atomic mass is 32.2. The Labute approximate surface area is 143 Å². The van der Waals surface area contributed by atoms with E-state index in [1.165, 1.54) is 5.56 Å². The minimum Gasteiger partial charge on any atom is -0.325 e. The lowest BCUT2D eigenvalue weighted by Gasteiger charge is -2.23. The molecule has 0 saturated heterocycles. The Kier molecular flexibility index (Phi) is 5.53. The fraction of sp³-hybridized carbons (Fsp3) is 0.350. The molecular weight excluding hydrogens is 302 g/mol. The summed E-state index contributed by atoms with van der Waals surface area (Å²) in [4.78, 5) is 13.6. The number of benzene rings is 2. The molecule has 1 atom stereocenters. The maximum atomic E-state index is 12.5. The summed E-state index contributed by atoms with van der Waals surface area (Å²) in [5.41, 5.74) is 3.28. The van der Waals surface area contributed by atoms with E-state index in [1.807, 2.05) is 25.1 Å². The van der Waals surface area contributed by atoms with E-state index >= 15 is 0 Å². The van der Waals surface area contributed by atoms with Gasteiger partial charge in [-0.05, 0) is 43.0 Å². The van der Waals surface area contributed by atoms with E-state index < -0.39 is 0 Å². The van der Waals surface area contributed by atoms with Gasteiger partial charge in [0.2, 0.25) is 5.91 Å². The molecule has 0 unspecified atom stereocenters. The van der Waals surface area contributed by atoms with Gasteiger partial charge < -0.3 is 5.32 Å². The average Bonchev–Trinajstić information content (AvgIpc) is 2.49. The third kappa shape index (κ3) is 4.87. The number of carbonyl (C=O) groups excluding carboxylic acids is 1. The Balaban J connectivity index is 2.08. The molecule has 1 amide bonds. The van der Waals surface area contributed by atoms with Crippen molar-refractivity contribution < 1.29 is 4.79 Å². The van der Waals surface area contributed by atoms with Crippen molar-refractivity contribution in [2.45, 2.75) is 50.2 Å². The molecule has 2 aromatic carbocycles. The van der Waals surface area contributed by atoms with Gasteiger partial charge in [-0.3, -0.25) is 4.79 Å². The fourth-order valence-corrected chi connectivity index (χ4v) is 3.22. The smallest absolute Gasteiger partial charge is 0.237 e. The number of anilines is 1. The Bertz CT molecular complexity index is 671. The molecule has 2 rings (SSSR count). The summed E-state index contributed by atoms with van der Waals surface area (Å²) >= 11 is 1.58. The number of carbonyl (C=O) groups is 1. The van der Waals surface area contributed by atoms with E-state index in [-0.39, 0.29) is 16.6 Å². The van der Waals surface area contributed by atoms with E-state index in [2.05, 4.69) is 63.3 Å². The van der Waals surface area contributed by atoms with Crippen LogP contribution < -0.4 is 5.32 Å². The van der Waals surface area contributed by atoms with E-state index in [1.54, 1.807) is 11.8 Å². The molecule has 0 heterocycles. The van der Waals surface area contributed by atoms with Gasteiger partial charge in [0.1, 0.15) is 0 Å². The molecule has 0 aliphatic heterocycles. The van der Waals surface area contributed by atoms with Crippen molar-refractivity contribution in [1.82, 2.24) is 0 Å². The highest BCUT2D eigenvalue weighted by Crippen LogP contribution is 2.30. The van der Waals surface area contributed by atoms with Crippen LogP contribution in [-0.4, -0.2) is 11.2 Å². The van der Waals surface area contributed by atoms with Crippen LogP contribution in [0.3, 0.4) is 0 Å². The second kappa shape index (κ2) is 7.22. The predicted octanol–water partition coefficient (Wildman–Crippen LogP) is 5.41. The third-order valence-corrected chi connectivity index (χ3v) is 4.81. The molecule has 0 aliphatic rings. The third-order valence-electron chi connectivity index (χ3n) is 3.70. The monoisotopic (exact) mass is 327 g/mol. The first-order chi connectivity index (χ1) is 10.8. The summed E-state index contributed by atoms with van der Waals surface area (Å²) in [6, 6.07) is 16.3. The molecule has 122 valence electrons. The van der Waals surface area contributed by atoms with Crippen LogP contribution in [0.5, 0.6) is 0 Å². The first kappa shape index (κ1) is 17.6. The largest absolute Gasteiger partial charge is 0.325 e. The van der Waals surface area contributed by atoms with Crippen molar-refractivity contribution in [3.8, 4) is 0 Å². The lowest BCUT2D eigenvalue weighted by molar-refractivity contribution is -0.115. The average molecular weight is 327 g/mol. The lowest BCUT2D eigenvalue weighted by atomic mass is 9.86. The van der Waals surface area contributed by atoms with Crippen LogP contribution in [0.1, 0.15) is 38.8 Å². The second-order valence-electron chi connectivity index (χ2n) is 6.86. The lowest BCUT2D eigenvalue weighted by Crippen LogP contribution is -2.24. The normalized spacial score (nSPS) is 12.7. The molecule has 0 bridgehead atoms. The number of hydrogen-bond acceptors (Lipinski definition) is 2. The van der Waals surface area contributed by atoms with Crippen LogP contribution in [0.25, 0.3) is 0 Å². The van der Waals surface area contributed by atoms with Crippen molar-refractivity contribution in [2.75, 3.05) is 5.32 Å². The molecule has 1 N–H and O–H groups in total. The second-order valence-corrected chi connectivity index (χ2v) is 8.27. The molecule has 0 aromatic heterocycles. The summed E-state index contributed by atoms with van der Waals surface area (Å²) in [6.07, 6.45) is 0. The maximum absolute atomic E-state index is 12.5. The number of nitrogens with one attached hydrogen (secondary N) is 1. The topological polar surface area (TPSA) is 29.1 Å². The van der Waals surface area contributed by atoms with E-state index in [4.69, 9.17) is 0 Å². The van der Waals surface area contributed by atoms with Gasteiger partial charge in [-0.25, -0.2) is 0 Å². The van der Waals surface area contributed by atoms with E-state index in [0.717, 1.165) is 16.1 Å². The number of aryl methyl sites for hydroxylation is 1. The van der Waals surface area contributed by atoms with Gasteiger partial charge in [0.05, 0.1) is 5.25 Å². The minimum absolute atomic E-state index is 0.00277. The van der Waals surface area contributed by atoms with Crippen LogP contribution >= 0.6 is 11.8 Å². The number of amides is 1. The number of hydrogen-bond donors (Lipinski definition) is 1. The number of thioether (sulfide) groups is 1. The van der Waals surface area contributed by atoms with Crippen molar-refractivity contribution in [1.29, 1.82) is 0 Å². The molecule has 2 aromatic rings. The molecule has 0 fully saturated rings.